The Morgan fingerprint density at radius 1 is 0.350 bits per heavy atom. The molecule has 0 saturated heterocycles. The van der Waals surface area contributed by atoms with Crippen molar-refractivity contribution in [2.75, 3.05) is 4.90 Å². The van der Waals surface area contributed by atoms with Crippen molar-refractivity contribution in [2.45, 2.75) is 35.1 Å². The molecule has 1 unspecified atom stereocenters. The maximum Gasteiger partial charge on any atom is 0.178 e. The first kappa shape index (κ1) is 40.4. The molecule has 60 heavy (non-hydrogen) atoms. The number of fused-ring (bicyclic) bond motifs is 4. The first-order chi connectivity index (χ1) is 28.6. The molecule has 7 heteroatoms. The van der Waals surface area contributed by atoms with E-state index in [1.807, 2.05) is 191 Å². The second-order valence-electron chi connectivity index (χ2n) is 15.2. The highest BCUT2D eigenvalue weighted by Gasteiger charge is 2.41. The average Bonchev–Trinajstić information content (AvgIpc) is 3.26. The van der Waals surface area contributed by atoms with Gasteiger partial charge in [-0.25, -0.2) is 0 Å². The molecule has 0 spiro atoms. The van der Waals surface area contributed by atoms with Gasteiger partial charge in [0.25, 0.3) is 0 Å². The van der Waals surface area contributed by atoms with Gasteiger partial charge >= 0.3 is 0 Å². The molecular weight excluding hydrogens is 777 g/mol. The highest BCUT2D eigenvalue weighted by molar-refractivity contribution is 7.86. The third-order valence-corrected chi connectivity index (χ3v) is 17.0. The third kappa shape index (κ3) is 7.19. The van der Waals surface area contributed by atoms with E-state index in [0.717, 1.165) is 71.1 Å². The zero-order valence-corrected chi connectivity index (χ0v) is 35.2. The summed E-state index contributed by atoms with van der Waals surface area (Å²) in [5, 5.41) is 4.72. The number of rotatable bonds is 5. The molecule has 5 nitrogen and oxygen atoms in total. The molecule has 1 atom stereocenters. The first-order valence-electron chi connectivity index (χ1n) is 19.7. The van der Waals surface area contributed by atoms with Crippen LogP contribution in [-0.4, -0.2) is 0 Å². The monoisotopic (exact) mass is 823 g/mol. The predicted molar refractivity (Wildman–Crippen MR) is 252 cm³/mol. The van der Waals surface area contributed by atoms with Gasteiger partial charge in [-0.15, -0.1) is 0 Å². The van der Waals surface area contributed by atoms with E-state index >= 15 is 4.57 Å². The van der Waals surface area contributed by atoms with Crippen LogP contribution in [0.5, 0.6) is 23.0 Å². The zero-order valence-electron chi connectivity index (χ0n) is 33.4. The van der Waals surface area contributed by atoms with Crippen LogP contribution in [0.1, 0.15) is 29.7 Å². The van der Waals surface area contributed by atoms with Gasteiger partial charge in [-0.2, -0.15) is 0 Å². The number of para-hydroxylation sites is 2. The van der Waals surface area contributed by atoms with Gasteiger partial charge in [-0.05, 0) is 107 Å². The normalized spacial score (nSPS) is 15.1. The lowest BCUT2D eigenvalue weighted by Gasteiger charge is -2.31. The van der Waals surface area contributed by atoms with Gasteiger partial charge in [0.1, 0.15) is 23.0 Å². The van der Waals surface area contributed by atoms with Crippen LogP contribution in [-0.2, 0) is 9.13 Å². The van der Waals surface area contributed by atoms with Crippen LogP contribution in [0.2, 0.25) is 0 Å². The highest BCUT2D eigenvalue weighted by atomic mass is 31.2. The van der Waals surface area contributed by atoms with Gasteiger partial charge in [0.15, 0.2) is 14.3 Å². The average molecular weight is 824 g/mol. The van der Waals surface area contributed by atoms with E-state index in [1.54, 1.807) is 0 Å². The van der Waals surface area contributed by atoms with Gasteiger partial charge in [0.05, 0.1) is 21.2 Å². The Morgan fingerprint density at radius 2 is 0.683 bits per heavy atom. The van der Waals surface area contributed by atoms with E-state index in [1.165, 1.54) is 0 Å². The number of ether oxygens (including phenoxy) is 2. The summed E-state index contributed by atoms with van der Waals surface area (Å²) in [7, 11) is -6.12. The van der Waals surface area contributed by atoms with Crippen LogP contribution in [0.3, 0.4) is 0 Å². The standard InChI is InChI=1S/C31H24NO2P.C21H19O2P.CH4/c1-23-17-19-28-30(21-23)35(33,27-15-9-4-10-16-27)31-22-26(18-20-29(31)34-28)32(24-11-5-2-6-12-24)25-13-7-3-8-14-25;1-14-4-8-17(9-5-14)24(22)20-12-15(2)6-10-18(20)23-19-11-7-16(3)13-21(19)24;/h2-22H,1H3;4-13H,1-3H3;1H4. The summed E-state index contributed by atoms with van der Waals surface area (Å²) in [5.74, 6) is 2.69. The topological polar surface area (TPSA) is 55.8 Å². The molecule has 0 bridgehead atoms. The number of hydrogen-bond acceptors (Lipinski definition) is 5. The summed E-state index contributed by atoms with van der Waals surface area (Å²) in [6.45, 7) is 8.10. The summed E-state index contributed by atoms with van der Waals surface area (Å²) in [4.78, 5) is 2.18. The van der Waals surface area contributed by atoms with Gasteiger partial charge < -0.3 is 23.5 Å². The second-order valence-corrected chi connectivity index (χ2v) is 20.6. The van der Waals surface area contributed by atoms with Crippen LogP contribution < -0.4 is 46.2 Å². The second kappa shape index (κ2) is 16.3. The largest absolute Gasteiger partial charge is 0.456 e. The van der Waals surface area contributed by atoms with E-state index < -0.39 is 14.3 Å². The molecule has 0 N–H and O–H groups in total. The minimum absolute atomic E-state index is 0. The molecule has 2 heterocycles. The van der Waals surface area contributed by atoms with Crippen LogP contribution >= 0.6 is 14.3 Å². The molecule has 2 aliphatic heterocycles. The Kier molecular flexibility index (Phi) is 11.0. The summed E-state index contributed by atoms with van der Waals surface area (Å²) in [5.41, 5.74) is 7.37. The van der Waals surface area contributed by atoms with Crippen LogP contribution in [0.15, 0.2) is 188 Å². The van der Waals surface area contributed by atoms with E-state index in [2.05, 4.69) is 29.2 Å². The Bertz CT molecular complexity index is 2840. The Morgan fingerprint density at radius 3 is 1.10 bits per heavy atom. The zero-order chi connectivity index (χ0) is 40.7. The molecule has 0 fully saturated rings. The van der Waals surface area contributed by atoms with Crippen LogP contribution in [0, 0.1) is 27.7 Å². The highest BCUT2D eigenvalue weighted by Crippen LogP contribution is 2.54. The summed E-state index contributed by atoms with van der Waals surface area (Å²) in [6.07, 6.45) is 0. The molecule has 2 aliphatic rings. The first-order valence-corrected chi connectivity index (χ1v) is 23.1. The molecule has 298 valence electrons. The van der Waals surface area contributed by atoms with Gasteiger partial charge in [-0.1, -0.05) is 139 Å². The number of nitrogens with zero attached hydrogens (tertiary/aromatic N) is 1. The number of benzene rings is 8. The number of hydrogen-bond donors (Lipinski definition) is 0. The third-order valence-electron chi connectivity index (χ3n) is 10.9. The predicted octanol–water partition coefficient (Wildman–Crippen LogP) is 12.2. The van der Waals surface area contributed by atoms with Crippen molar-refractivity contribution in [1.82, 2.24) is 0 Å². The molecule has 0 aromatic heterocycles. The van der Waals surface area contributed by atoms with Crippen molar-refractivity contribution in [3.63, 3.8) is 0 Å². The van der Waals surface area contributed by atoms with E-state index in [4.69, 9.17) is 9.47 Å². The maximum atomic E-state index is 15.2. The fourth-order valence-corrected chi connectivity index (χ4v) is 13.9. The molecule has 0 saturated carbocycles. The van der Waals surface area contributed by atoms with E-state index in [0.29, 0.717) is 23.0 Å². The quantitative estimate of drug-likeness (QED) is 0.162. The van der Waals surface area contributed by atoms with Gasteiger partial charge in [0.2, 0.25) is 0 Å². The lowest BCUT2D eigenvalue weighted by molar-refractivity contribution is 0.484. The molecule has 0 amide bonds. The Hall–Kier alpha value is -6.38. The van der Waals surface area contributed by atoms with Crippen LogP contribution in [0.4, 0.5) is 17.1 Å². The van der Waals surface area contributed by atoms with Crippen molar-refractivity contribution in [3.05, 3.63) is 210 Å². The molecule has 0 aliphatic carbocycles. The minimum atomic E-state index is -3.17. The molecule has 8 aromatic carbocycles. The van der Waals surface area contributed by atoms with E-state index in [9.17, 15) is 4.57 Å². The molecule has 8 aromatic rings. The van der Waals surface area contributed by atoms with Crippen LogP contribution in [0.25, 0.3) is 0 Å². The Labute approximate surface area is 353 Å². The Balaban J connectivity index is 0.000000175. The summed E-state index contributed by atoms with van der Waals surface area (Å²) >= 11 is 0. The van der Waals surface area contributed by atoms with Crippen molar-refractivity contribution in [2.24, 2.45) is 0 Å². The van der Waals surface area contributed by atoms with Gasteiger partial charge in [-0.3, -0.25) is 0 Å². The fourth-order valence-electron chi connectivity index (χ4n) is 7.90. The molecular formula is C53H47NO4P2. The van der Waals surface area contributed by atoms with Gasteiger partial charge in [0, 0.05) is 27.7 Å². The number of aryl methyl sites for hydroxylation is 4. The van der Waals surface area contributed by atoms with E-state index in [-0.39, 0.29) is 7.43 Å². The van der Waals surface area contributed by atoms with Crippen molar-refractivity contribution < 1.29 is 18.6 Å². The maximum absolute atomic E-state index is 15.2. The summed E-state index contributed by atoms with van der Waals surface area (Å²) in [6, 6.07) is 62.0. The SMILES string of the molecule is C.Cc1ccc(P2(=O)c3cc(C)ccc3Oc3ccc(C)cc32)cc1.Cc1ccc2c(c1)P(=O)(c1ccccc1)c1cc(N(c3ccccc3)c3ccccc3)ccc1O2. The smallest absolute Gasteiger partial charge is 0.178 e. The molecule has 10 rings (SSSR count). The van der Waals surface area contributed by atoms with Crippen molar-refractivity contribution in [3.8, 4) is 23.0 Å². The lowest BCUT2D eigenvalue weighted by atomic mass is 10.2. The van der Waals surface area contributed by atoms with Crippen molar-refractivity contribution in [1.29, 1.82) is 0 Å². The van der Waals surface area contributed by atoms with Crippen molar-refractivity contribution >= 4 is 63.2 Å². The minimum Gasteiger partial charge on any atom is -0.456 e. The fraction of sp³-hybridized carbons (Fsp3) is 0.0943. The summed E-state index contributed by atoms with van der Waals surface area (Å²) < 4.78 is 42.0. The molecule has 0 radical (unpaired) electrons. The number of anilines is 3. The lowest BCUT2D eigenvalue weighted by Crippen LogP contribution is -2.31.